The van der Waals surface area contributed by atoms with Gasteiger partial charge in [0.1, 0.15) is 0 Å². The minimum Gasteiger partial charge on any atom is -0.407 e. The lowest BCUT2D eigenvalue weighted by Crippen LogP contribution is -2.34. The highest BCUT2D eigenvalue weighted by Crippen LogP contribution is 2.25. The van der Waals surface area contributed by atoms with E-state index in [1.54, 1.807) is 43.5 Å². The van der Waals surface area contributed by atoms with Crippen LogP contribution in [-0.2, 0) is 0 Å². The number of aromatic nitrogens is 2. The summed E-state index contributed by atoms with van der Waals surface area (Å²) in [4.78, 5) is 34.5. The van der Waals surface area contributed by atoms with Crippen LogP contribution in [0.3, 0.4) is 0 Å². The van der Waals surface area contributed by atoms with E-state index in [1.165, 1.54) is 23.2 Å². The van der Waals surface area contributed by atoms with Gasteiger partial charge in [0, 0.05) is 35.9 Å². The molecule has 2 aromatic carbocycles. The Morgan fingerprint density at radius 1 is 1.23 bits per heavy atom. The van der Waals surface area contributed by atoms with Gasteiger partial charge in [-0.25, -0.2) is 9.36 Å². The van der Waals surface area contributed by atoms with Crippen molar-refractivity contribution in [1.29, 1.82) is 0 Å². The number of oxazole rings is 1. The molecule has 8 heteroatoms. The largest absolute Gasteiger partial charge is 0.424 e. The predicted molar refractivity (Wildman–Crippen MR) is 138 cm³/mol. The van der Waals surface area contributed by atoms with E-state index in [0.717, 1.165) is 5.56 Å². The number of nitrogens with zero attached hydrogens (tertiary/aromatic N) is 3. The number of hydrogen-bond acceptors (Lipinski definition) is 6. The van der Waals surface area contributed by atoms with Crippen molar-refractivity contribution in [3.63, 3.8) is 0 Å². The molecule has 2 aromatic heterocycles. The number of para-hydroxylation sites is 2. The van der Waals surface area contributed by atoms with Crippen LogP contribution >= 0.6 is 0 Å². The summed E-state index contributed by atoms with van der Waals surface area (Å²) in [6.07, 6.45) is 6.02. The monoisotopic (exact) mass is 467 g/mol. The Balaban J connectivity index is 1.78. The molecule has 3 N–H and O–H groups in total. The van der Waals surface area contributed by atoms with Gasteiger partial charge in [0.2, 0.25) is 0 Å². The molecule has 0 saturated heterocycles. The quantitative estimate of drug-likeness (QED) is 0.397. The molecule has 0 aliphatic carbocycles. The highest BCUT2D eigenvalue weighted by atomic mass is 16.4. The average molecular weight is 468 g/mol. The van der Waals surface area contributed by atoms with Gasteiger partial charge in [-0.1, -0.05) is 24.8 Å². The molecule has 0 saturated carbocycles. The number of fused-ring (bicyclic) bond motifs is 1. The predicted octanol–water partition coefficient (Wildman–Crippen LogP) is 4.13. The summed E-state index contributed by atoms with van der Waals surface area (Å²) < 4.78 is 6.85. The van der Waals surface area contributed by atoms with Crippen molar-refractivity contribution < 1.29 is 9.21 Å². The van der Waals surface area contributed by atoms with E-state index in [1.807, 2.05) is 31.2 Å². The molecule has 0 aliphatic heterocycles. The minimum atomic E-state index is -0.544. The number of amides is 1. The van der Waals surface area contributed by atoms with Crippen molar-refractivity contribution in [3.8, 4) is 16.9 Å². The van der Waals surface area contributed by atoms with Gasteiger partial charge in [0.05, 0.1) is 22.9 Å². The van der Waals surface area contributed by atoms with E-state index in [-0.39, 0.29) is 11.9 Å². The van der Waals surface area contributed by atoms with E-state index in [9.17, 15) is 9.59 Å². The summed E-state index contributed by atoms with van der Waals surface area (Å²) in [6, 6.07) is 15.8. The van der Waals surface area contributed by atoms with Crippen molar-refractivity contribution in [1.82, 2.24) is 14.9 Å². The van der Waals surface area contributed by atoms with Crippen LogP contribution in [0.2, 0.25) is 0 Å². The van der Waals surface area contributed by atoms with Gasteiger partial charge in [0.15, 0.2) is 5.58 Å². The van der Waals surface area contributed by atoms with Crippen LogP contribution in [0.1, 0.15) is 22.8 Å². The first kappa shape index (κ1) is 23.4. The first-order valence-corrected chi connectivity index (χ1v) is 11.0. The molecule has 1 unspecified atom stereocenters. The summed E-state index contributed by atoms with van der Waals surface area (Å²) in [5.41, 5.74) is 10.2. The Morgan fingerprint density at radius 3 is 2.77 bits per heavy atom. The molecule has 0 aliphatic rings. The third kappa shape index (κ3) is 5.11. The fraction of sp³-hybridized carbons (Fsp3) is 0.111. The van der Waals surface area contributed by atoms with Crippen LogP contribution in [-0.4, -0.2) is 27.7 Å². The second-order valence-corrected chi connectivity index (χ2v) is 8.05. The molecule has 35 heavy (non-hydrogen) atoms. The lowest BCUT2D eigenvalue weighted by atomic mass is 10.0. The standard InChI is InChI=1S/C27H25N5O3/c1-17-8-9-23(30-15-17)20-12-21(26(33)31-19(3)18(2)16-29-11-10-28)14-22(13-20)32-24-6-4-5-7-25(24)35-27(32)34/h4-16,19H,2,28H2,1,3H3,(H,31,33)/b11-10-,29-16-. The fourth-order valence-corrected chi connectivity index (χ4v) is 3.54. The molecule has 4 rings (SSSR count). The molecule has 176 valence electrons. The van der Waals surface area contributed by atoms with Crippen LogP contribution in [0.15, 0.2) is 99.6 Å². The molecular weight excluding hydrogens is 442 g/mol. The number of carbonyl (C=O) groups excluding carboxylic acids is 1. The molecule has 2 heterocycles. The third-order valence-electron chi connectivity index (χ3n) is 5.45. The Bertz CT molecular complexity index is 1510. The normalized spacial score (nSPS) is 12.4. The Morgan fingerprint density at radius 2 is 2.03 bits per heavy atom. The average Bonchev–Trinajstić information content (AvgIpc) is 3.19. The number of aliphatic imine (C=N–C) groups is 1. The van der Waals surface area contributed by atoms with Gasteiger partial charge in [0.25, 0.3) is 5.91 Å². The Labute approximate surface area is 202 Å². The number of rotatable bonds is 7. The molecule has 0 bridgehead atoms. The Kier molecular flexibility index (Phi) is 6.73. The van der Waals surface area contributed by atoms with Crippen molar-refractivity contribution in [2.75, 3.05) is 0 Å². The first-order chi connectivity index (χ1) is 16.9. The summed E-state index contributed by atoms with van der Waals surface area (Å²) in [7, 11) is 0. The van der Waals surface area contributed by atoms with Crippen molar-refractivity contribution in [2.45, 2.75) is 19.9 Å². The summed E-state index contributed by atoms with van der Waals surface area (Å²) in [6.45, 7) is 7.70. The van der Waals surface area contributed by atoms with Gasteiger partial charge in [-0.05, 0) is 61.4 Å². The minimum absolute atomic E-state index is 0.336. The SMILES string of the molecule is C=C(/C=N\C=C/N)C(C)NC(=O)c1cc(-c2ccc(C)cn2)cc(-n2c(=O)oc3ccccc32)c1. The maximum atomic E-state index is 13.2. The van der Waals surface area contributed by atoms with Crippen molar-refractivity contribution in [2.24, 2.45) is 10.7 Å². The van der Waals surface area contributed by atoms with E-state index in [0.29, 0.717) is 39.2 Å². The van der Waals surface area contributed by atoms with E-state index in [4.69, 9.17) is 10.2 Å². The van der Waals surface area contributed by atoms with Crippen LogP contribution in [0, 0.1) is 6.92 Å². The lowest BCUT2D eigenvalue weighted by molar-refractivity contribution is 0.0946. The number of nitrogens with two attached hydrogens (primary N) is 1. The molecule has 1 amide bonds. The topological polar surface area (TPSA) is 116 Å². The fourth-order valence-electron chi connectivity index (χ4n) is 3.54. The summed E-state index contributed by atoms with van der Waals surface area (Å²) in [5.74, 6) is -0.880. The maximum absolute atomic E-state index is 13.2. The molecule has 0 fully saturated rings. The first-order valence-electron chi connectivity index (χ1n) is 11.0. The lowest BCUT2D eigenvalue weighted by Gasteiger charge is -2.15. The molecule has 0 radical (unpaired) electrons. The van der Waals surface area contributed by atoms with Gasteiger partial charge < -0.3 is 15.5 Å². The number of benzene rings is 2. The van der Waals surface area contributed by atoms with Crippen LogP contribution in [0.25, 0.3) is 28.0 Å². The van der Waals surface area contributed by atoms with Gasteiger partial charge >= 0.3 is 5.76 Å². The zero-order valence-corrected chi connectivity index (χ0v) is 19.4. The number of carbonyl (C=O) groups is 1. The smallest absolute Gasteiger partial charge is 0.407 e. The van der Waals surface area contributed by atoms with E-state index < -0.39 is 5.76 Å². The zero-order chi connectivity index (χ0) is 24.9. The van der Waals surface area contributed by atoms with Crippen molar-refractivity contribution in [3.05, 3.63) is 107 Å². The summed E-state index contributed by atoms with van der Waals surface area (Å²) in [5, 5.41) is 2.92. The summed E-state index contributed by atoms with van der Waals surface area (Å²) >= 11 is 0. The van der Waals surface area contributed by atoms with Gasteiger partial charge in [-0.2, -0.15) is 0 Å². The molecule has 0 spiro atoms. The number of nitrogens with one attached hydrogen (secondary N) is 1. The molecule has 8 nitrogen and oxygen atoms in total. The van der Waals surface area contributed by atoms with Crippen molar-refractivity contribution >= 4 is 23.2 Å². The number of hydrogen-bond donors (Lipinski definition) is 2. The van der Waals surface area contributed by atoms with E-state index in [2.05, 4.69) is 21.9 Å². The molecule has 4 aromatic rings. The second kappa shape index (κ2) is 10.0. The van der Waals surface area contributed by atoms with Crippen LogP contribution in [0.5, 0.6) is 0 Å². The Hall–Kier alpha value is -4.72. The third-order valence-corrected chi connectivity index (χ3v) is 5.45. The highest BCUT2D eigenvalue weighted by Gasteiger charge is 2.17. The number of aryl methyl sites for hydroxylation is 1. The van der Waals surface area contributed by atoms with E-state index >= 15 is 0 Å². The molecular formula is C27H25N5O3. The highest BCUT2D eigenvalue weighted by molar-refractivity contribution is 5.97. The van der Waals surface area contributed by atoms with Gasteiger partial charge in [-0.15, -0.1) is 0 Å². The maximum Gasteiger partial charge on any atom is 0.424 e. The second-order valence-electron chi connectivity index (χ2n) is 8.05. The van der Waals surface area contributed by atoms with Crippen LogP contribution < -0.4 is 16.8 Å². The van der Waals surface area contributed by atoms with Gasteiger partial charge in [-0.3, -0.25) is 14.8 Å². The molecule has 1 atom stereocenters. The van der Waals surface area contributed by atoms with Crippen LogP contribution in [0.4, 0.5) is 0 Å². The zero-order valence-electron chi connectivity index (χ0n) is 19.4. The number of pyridine rings is 1.